The molecular formula is C21H30N4O2S. The minimum absolute atomic E-state index is 0.00394. The van der Waals surface area contributed by atoms with E-state index in [1.165, 1.54) is 11.3 Å². The number of carbonyl (C=O) groups is 2. The molecule has 1 aromatic carbocycles. The summed E-state index contributed by atoms with van der Waals surface area (Å²) >= 11 is 1.45. The molecule has 0 spiro atoms. The van der Waals surface area contributed by atoms with Crippen LogP contribution in [0, 0.1) is 13.8 Å². The van der Waals surface area contributed by atoms with Crippen LogP contribution in [-0.2, 0) is 16.0 Å². The molecule has 0 radical (unpaired) electrons. The van der Waals surface area contributed by atoms with E-state index in [1.54, 1.807) is 4.90 Å². The maximum Gasteiger partial charge on any atom is 0.245 e. The van der Waals surface area contributed by atoms with E-state index >= 15 is 0 Å². The Labute approximate surface area is 171 Å². The molecule has 0 bridgehead atoms. The molecule has 1 N–H and O–H groups in total. The standard InChI is InChI=1S/C21H30N4O2S/c1-16-17(2)28-21(22-16)23-19(26)15-25(14-8-13-24(3)4)20(27)12-11-18-9-6-5-7-10-18/h5-7,9-10H,8,11-15H2,1-4H3,(H,22,23,26). The minimum atomic E-state index is -0.202. The molecule has 0 saturated carbocycles. The molecule has 28 heavy (non-hydrogen) atoms. The van der Waals surface area contributed by atoms with Gasteiger partial charge in [-0.25, -0.2) is 4.98 Å². The van der Waals surface area contributed by atoms with Crippen LogP contribution in [0.15, 0.2) is 30.3 Å². The van der Waals surface area contributed by atoms with Crippen LogP contribution < -0.4 is 5.32 Å². The summed E-state index contributed by atoms with van der Waals surface area (Å²) in [6.45, 7) is 5.38. The van der Waals surface area contributed by atoms with Crippen molar-refractivity contribution in [1.82, 2.24) is 14.8 Å². The third kappa shape index (κ3) is 7.40. The summed E-state index contributed by atoms with van der Waals surface area (Å²) in [5.41, 5.74) is 2.05. The van der Waals surface area contributed by atoms with Crippen LogP contribution in [0.1, 0.15) is 29.0 Å². The fourth-order valence-electron chi connectivity index (χ4n) is 2.78. The molecule has 2 amide bonds. The van der Waals surface area contributed by atoms with E-state index in [4.69, 9.17) is 0 Å². The maximum absolute atomic E-state index is 12.8. The number of rotatable bonds is 10. The van der Waals surface area contributed by atoms with Gasteiger partial charge in [-0.3, -0.25) is 9.59 Å². The Balaban J connectivity index is 1.94. The van der Waals surface area contributed by atoms with Crippen LogP contribution in [0.4, 0.5) is 5.13 Å². The maximum atomic E-state index is 12.8. The number of nitrogens with one attached hydrogen (secondary N) is 1. The smallest absolute Gasteiger partial charge is 0.245 e. The fourth-order valence-corrected chi connectivity index (χ4v) is 3.61. The zero-order valence-electron chi connectivity index (χ0n) is 17.2. The summed E-state index contributed by atoms with van der Waals surface area (Å²) < 4.78 is 0. The van der Waals surface area contributed by atoms with Crippen LogP contribution in [0.2, 0.25) is 0 Å². The predicted molar refractivity (Wildman–Crippen MR) is 115 cm³/mol. The van der Waals surface area contributed by atoms with Crippen LogP contribution in [0.25, 0.3) is 0 Å². The van der Waals surface area contributed by atoms with E-state index in [9.17, 15) is 9.59 Å². The highest BCUT2D eigenvalue weighted by molar-refractivity contribution is 7.15. The molecule has 1 aromatic heterocycles. The number of thiazole rings is 1. The molecule has 0 fully saturated rings. The summed E-state index contributed by atoms with van der Waals surface area (Å²) in [5, 5.41) is 3.41. The highest BCUT2D eigenvalue weighted by atomic mass is 32.1. The lowest BCUT2D eigenvalue weighted by Crippen LogP contribution is -2.39. The highest BCUT2D eigenvalue weighted by Gasteiger charge is 2.18. The lowest BCUT2D eigenvalue weighted by Gasteiger charge is -2.23. The number of anilines is 1. The van der Waals surface area contributed by atoms with Crippen LogP contribution in [0.3, 0.4) is 0 Å². The van der Waals surface area contributed by atoms with Gasteiger partial charge in [-0.2, -0.15) is 0 Å². The zero-order valence-corrected chi connectivity index (χ0v) is 18.0. The molecule has 1 heterocycles. The van der Waals surface area contributed by atoms with Gasteiger partial charge in [-0.15, -0.1) is 11.3 Å². The Bertz CT molecular complexity index is 754. The van der Waals surface area contributed by atoms with Gasteiger partial charge in [0, 0.05) is 17.8 Å². The van der Waals surface area contributed by atoms with Gasteiger partial charge >= 0.3 is 0 Å². The lowest BCUT2D eigenvalue weighted by atomic mass is 10.1. The number of benzene rings is 1. The summed E-state index contributed by atoms with van der Waals surface area (Å²) in [6, 6.07) is 9.94. The molecular weight excluding hydrogens is 372 g/mol. The van der Waals surface area contributed by atoms with Gasteiger partial charge in [-0.1, -0.05) is 30.3 Å². The summed E-state index contributed by atoms with van der Waals surface area (Å²) in [4.78, 5) is 34.4. The first-order valence-electron chi connectivity index (χ1n) is 9.55. The van der Waals surface area contributed by atoms with Crippen LogP contribution in [-0.4, -0.2) is 60.3 Å². The van der Waals surface area contributed by atoms with Crippen molar-refractivity contribution >= 4 is 28.3 Å². The second-order valence-electron chi connectivity index (χ2n) is 7.17. The summed E-state index contributed by atoms with van der Waals surface area (Å²) in [6.07, 6.45) is 1.90. The third-order valence-corrected chi connectivity index (χ3v) is 5.45. The number of hydrogen-bond donors (Lipinski definition) is 1. The molecule has 0 aliphatic heterocycles. The molecule has 6 nitrogen and oxygen atoms in total. The Kier molecular flexibility index (Phi) is 8.60. The zero-order chi connectivity index (χ0) is 20.5. The SMILES string of the molecule is Cc1nc(NC(=O)CN(CCCN(C)C)C(=O)CCc2ccccc2)sc1C. The van der Waals surface area contributed by atoms with E-state index in [1.807, 2.05) is 58.3 Å². The molecule has 2 rings (SSSR count). The number of aromatic nitrogens is 1. The monoisotopic (exact) mass is 402 g/mol. The normalized spacial score (nSPS) is 10.9. The highest BCUT2D eigenvalue weighted by Crippen LogP contribution is 2.21. The third-order valence-electron chi connectivity index (χ3n) is 4.47. The first kappa shape index (κ1) is 22.0. The van der Waals surface area contributed by atoms with Gasteiger partial charge in [0.25, 0.3) is 0 Å². The molecule has 0 atom stereocenters. The molecule has 152 valence electrons. The Hall–Kier alpha value is -2.25. The van der Waals surface area contributed by atoms with Crippen molar-refractivity contribution in [2.75, 3.05) is 39.0 Å². The molecule has 7 heteroatoms. The number of nitrogens with zero attached hydrogens (tertiary/aromatic N) is 3. The number of carbonyl (C=O) groups excluding carboxylic acids is 2. The topological polar surface area (TPSA) is 65.5 Å². The van der Waals surface area contributed by atoms with Crippen molar-refractivity contribution < 1.29 is 9.59 Å². The first-order valence-corrected chi connectivity index (χ1v) is 10.4. The van der Waals surface area contributed by atoms with E-state index in [0.29, 0.717) is 24.5 Å². The lowest BCUT2D eigenvalue weighted by molar-refractivity contribution is -0.134. The van der Waals surface area contributed by atoms with E-state index in [2.05, 4.69) is 15.2 Å². The quantitative estimate of drug-likeness (QED) is 0.663. The minimum Gasteiger partial charge on any atom is -0.333 e. The summed E-state index contributed by atoms with van der Waals surface area (Å²) in [7, 11) is 4.00. The van der Waals surface area contributed by atoms with Gasteiger partial charge < -0.3 is 15.1 Å². The van der Waals surface area contributed by atoms with Crippen molar-refractivity contribution in [3.05, 3.63) is 46.5 Å². The van der Waals surface area contributed by atoms with Gasteiger partial charge in [0.15, 0.2) is 5.13 Å². The molecule has 0 unspecified atom stereocenters. The molecule has 0 saturated heterocycles. The van der Waals surface area contributed by atoms with Crippen LogP contribution in [0.5, 0.6) is 0 Å². The predicted octanol–water partition coefficient (Wildman–Crippen LogP) is 3.11. The van der Waals surface area contributed by atoms with Gasteiger partial charge in [0.1, 0.15) is 0 Å². The summed E-state index contributed by atoms with van der Waals surface area (Å²) in [5.74, 6) is -0.198. The fraction of sp³-hybridized carbons (Fsp3) is 0.476. The average Bonchev–Trinajstić information content (AvgIpc) is 2.96. The Morgan fingerprint density at radius 1 is 1.11 bits per heavy atom. The van der Waals surface area contributed by atoms with Crippen molar-refractivity contribution in [3.8, 4) is 0 Å². The van der Waals surface area contributed by atoms with Crippen molar-refractivity contribution in [3.63, 3.8) is 0 Å². The van der Waals surface area contributed by atoms with Gasteiger partial charge in [-0.05, 0) is 52.9 Å². The average molecular weight is 403 g/mol. The van der Waals surface area contributed by atoms with Crippen molar-refractivity contribution in [1.29, 1.82) is 0 Å². The molecule has 0 aliphatic rings. The van der Waals surface area contributed by atoms with Crippen molar-refractivity contribution in [2.24, 2.45) is 0 Å². The van der Waals surface area contributed by atoms with Crippen molar-refractivity contribution in [2.45, 2.75) is 33.1 Å². The number of amides is 2. The number of hydrogen-bond acceptors (Lipinski definition) is 5. The van der Waals surface area contributed by atoms with E-state index < -0.39 is 0 Å². The van der Waals surface area contributed by atoms with E-state index in [-0.39, 0.29) is 18.4 Å². The van der Waals surface area contributed by atoms with Crippen LogP contribution >= 0.6 is 11.3 Å². The first-order chi connectivity index (χ1) is 13.3. The Morgan fingerprint density at radius 3 is 2.43 bits per heavy atom. The van der Waals surface area contributed by atoms with E-state index in [0.717, 1.165) is 29.1 Å². The molecule has 2 aromatic rings. The van der Waals surface area contributed by atoms with Gasteiger partial charge in [0.2, 0.25) is 11.8 Å². The second-order valence-corrected chi connectivity index (χ2v) is 8.37. The molecule has 0 aliphatic carbocycles. The second kappa shape index (κ2) is 10.9. The Morgan fingerprint density at radius 2 is 1.82 bits per heavy atom. The number of aryl methyl sites for hydroxylation is 3. The largest absolute Gasteiger partial charge is 0.333 e. The van der Waals surface area contributed by atoms with Gasteiger partial charge in [0.05, 0.1) is 12.2 Å².